The van der Waals surface area contributed by atoms with Gasteiger partial charge in [0.2, 0.25) is 0 Å². The third-order valence-electron chi connectivity index (χ3n) is 3.19. The minimum atomic E-state index is -4.07. The van der Waals surface area contributed by atoms with E-state index in [-0.39, 0.29) is 11.7 Å². The molecule has 0 aromatic heterocycles. The lowest BCUT2D eigenvalue weighted by Crippen LogP contribution is -2.18. The molecule has 0 heterocycles. The molecule has 0 bridgehead atoms. The average Bonchev–Trinajstić information content (AvgIpc) is 2.38. The van der Waals surface area contributed by atoms with Gasteiger partial charge < -0.3 is 5.11 Å². The van der Waals surface area contributed by atoms with Crippen LogP contribution < -0.4 is 0 Å². The molecule has 1 N–H and O–H groups in total. The molecule has 0 spiro atoms. The second-order valence-corrected chi connectivity index (χ2v) is 6.54. The molecule has 0 fully saturated rings. The van der Waals surface area contributed by atoms with Gasteiger partial charge in [-0.25, -0.2) is 22.0 Å². The summed E-state index contributed by atoms with van der Waals surface area (Å²) in [4.78, 5) is 9.91. The quantitative estimate of drug-likeness (QED) is 0.877. The number of carboxylic acid groups (broad SMARTS) is 1. The van der Waals surface area contributed by atoms with Gasteiger partial charge in [-0.3, -0.25) is 0 Å². The number of carboxylic acids is 1. The Kier molecular flexibility index (Phi) is 5.21. The maximum absolute atomic E-state index is 13.7. The molecule has 1 rings (SSSR count). The van der Waals surface area contributed by atoms with Crippen molar-refractivity contribution in [1.29, 1.82) is 0 Å². The molecule has 0 aliphatic rings. The highest BCUT2D eigenvalue weighted by molar-refractivity contribution is 7.91. The summed E-state index contributed by atoms with van der Waals surface area (Å²) in [5, 5.41) is 8.78. The number of carbonyl (C=O) groups is 1. The normalized spacial score (nSPS) is 11.8. The molecule has 1 aromatic rings. The topological polar surface area (TPSA) is 71.4 Å². The minimum Gasteiger partial charge on any atom is -0.478 e. The summed E-state index contributed by atoms with van der Waals surface area (Å²) in [7, 11) is -4.07. The first kappa shape index (κ1) is 16.6. The van der Waals surface area contributed by atoms with Crippen LogP contribution >= 0.6 is 0 Å². The molecule has 0 aliphatic carbocycles. The monoisotopic (exact) mass is 306 g/mol. The van der Waals surface area contributed by atoms with Crippen molar-refractivity contribution in [3.63, 3.8) is 0 Å². The number of halogens is 2. The van der Waals surface area contributed by atoms with Crippen LogP contribution in [0.25, 0.3) is 0 Å². The van der Waals surface area contributed by atoms with Crippen molar-refractivity contribution in [2.75, 3.05) is 5.75 Å². The van der Waals surface area contributed by atoms with Crippen molar-refractivity contribution in [2.45, 2.75) is 31.6 Å². The summed E-state index contributed by atoms with van der Waals surface area (Å²) < 4.78 is 51.2. The lowest BCUT2D eigenvalue weighted by molar-refractivity contribution is 0.0696. The zero-order valence-corrected chi connectivity index (χ0v) is 12.0. The third-order valence-corrected chi connectivity index (χ3v) is 5.06. The van der Waals surface area contributed by atoms with Crippen LogP contribution in [0, 0.1) is 17.6 Å². The van der Waals surface area contributed by atoms with Crippen molar-refractivity contribution in [2.24, 2.45) is 5.92 Å². The number of benzene rings is 1. The lowest BCUT2D eigenvalue weighted by Gasteiger charge is -2.13. The molecule has 112 valence electrons. The van der Waals surface area contributed by atoms with Gasteiger partial charge in [0.05, 0.1) is 11.3 Å². The second kappa shape index (κ2) is 6.30. The van der Waals surface area contributed by atoms with Crippen LogP contribution in [0.3, 0.4) is 0 Å². The Morgan fingerprint density at radius 1 is 1.25 bits per heavy atom. The van der Waals surface area contributed by atoms with E-state index in [2.05, 4.69) is 0 Å². The van der Waals surface area contributed by atoms with Gasteiger partial charge >= 0.3 is 5.97 Å². The standard InChI is InChI=1S/C13H16F2O4S/c1-3-8(4-2)7-20(18,19)11-6-9(13(16)17)5-10(14)12(11)15/h5-6,8H,3-4,7H2,1-2H3,(H,16,17). The summed E-state index contributed by atoms with van der Waals surface area (Å²) in [5.74, 6) is -5.04. The Labute approximate surface area is 116 Å². The SMILES string of the molecule is CCC(CC)CS(=O)(=O)c1cc(C(=O)O)cc(F)c1F. The first-order chi connectivity index (χ1) is 9.22. The molecular weight excluding hydrogens is 290 g/mol. The van der Waals surface area contributed by atoms with Crippen LogP contribution in [0.15, 0.2) is 17.0 Å². The molecule has 0 unspecified atom stereocenters. The van der Waals surface area contributed by atoms with Gasteiger partial charge in [-0.05, 0) is 18.1 Å². The number of sulfone groups is 1. The maximum Gasteiger partial charge on any atom is 0.335 e. The van der Waals surface area contributed by atoms with Crippen molar-refractivity contribution in [3.8, 4) is 0 Å². The summed E-state index contributed by atoms with van der Waals surface area (Å²) >= 11 is 0. The van der Waals surface area contributed by atoms with E-state index in [4.69, 9.17) is 5.11 Å². The Hall–Kier alpha value is -1.50. The smallest absolute Gasteiger partial charge is 0.335 e. The molecule has 1 aromatic carbocycles. The largest absolute Gasteiger partial charge is 0.478 e. The first-order valence-electron chi connectivity index (χ1n) is 6.18. The van der Waals surface area contributed by atoms with Crippen molar-refractivity contribution >= 4 is 15.8 Å². The summed E-state index contributed by atoms with van der Waals surface area (Å²) in [5.41, 5.74) is -0.591. The number of rotatable bonds is 6. The first-order valence-corrected chi connectivity index (χ1v) is 7.83. The van der Waals surface area contributed by atoms with E-state index < -0.39 is 37.9 Å². The van der Waals surface area contributed by atoms with Crippen molar-refractivity contribution in [3.05, 3.63) is 29.3 Å². The van der Waals surface area contributed by atoms with E-state index in [1.165, 1.54) is 0 Å². The van der Waals surface area contributed by atoms with E-state index in [0.29, 0.717) is 25.0 Å². The van der Waals surface area contributed by atoms with Gasteiger partial charge in [0.15, 0.2) is 21.5 Å². The van der Waals surface area contributed by atoms with Crippen molar-refractivity contribution in [1.82, 2.24) is 0 Å². The van der Waals surface area contributed by atoms with E-state index in [1.54, 1.807) is 13.8 Å². The highest BCUT2D eigenvalue weighted by atomic mass is 32.2. The molecule has 4 nitrogen and oxygen atoms in total. The average molecular weight is 306 g/mol. The molecule has 0 saturated carbocycles. The predicted octanol–water partition coefficient (Wildman–Crippen LogP) is 2.87. The molecule has 0 saturated heterocycles. The van der Waals surface area contributed by atoms with Gasteiger partial charge in [-0.2, -0.15) is 0 Å². The van der Waals surface area contributed by atoms with Gasteiger partial charge in [-0.1, -0.05) is 26.7 Å². The molecular formula is C13H16F2O4S. The zero-order valence-electron chi connectivity index (χ0n) is 11.2. The fraction of sp³-hybridized carbons (Fsp3) is 0.462. The Morgan fingerprint density at radius 2 is 1.80 bits per heavy atom. The van der Waals surface area contributed by atoms with E-state index in [0.717, 1.165) is 0 Å². The highest BCUT2D eigenvalue weighted by Crippen LogP contribution is 2.24. The highest BCUT2D eigenvalue weighted by Gasteiger charge is 2.26. The van der Waals surface area contributed by atoms with Gasteiger partial charge in [0, 0.05) is 0 Å². The van der Waals surface area contributed by atoms with Gasteiger partial charge in [-0.15, -0.1) is 0 Å². The maximum atomic E-state index is 13.7. The zero-order chi connectivity index (χ0) is 15.5. The Morgan fingerprint density at radius 3 is 2.25 bits per heavy atom. The number of hydrogen-bond donors (Lipinski definition) is 1. The van der Waals surface area contributed by atoms with E-state index in [9.17, 15) is 22.0 Å². The van der Waals surface area contributed by atoms with E-state index in [1.807, 2.05) is 0 Å². The fourth-order valence-electron chi connectivity index (χ4n) is 1.84. The number of hydrogen-bond acceptors (Lipinski definition) is 3. The third kappa shape index (κ3) is 3.53. The molecule has 0 radical (unpaired) electrons. The summed E-state index contributed by atoms with van der Waals surface area (Å²) in [6.45, 7) is 3.60. The Bertz CT molecular complexity index is 607. The minimum absolute atomic E-state index is 0.184. The molecule has 0 atom stereocenters. The number of aromatic carboxylic acids is 1. The lowest BCUT2D eigenvalue weighted by atomic mass is 10.1. The summed E-state index contributed by atoms with van der Waals surface area (Å²) in [6.07, 6.45) is 1.16. The Balaban J connectivity index is 3.34. The molecule has 0 aliphatic heterocycles. The van der Waals surface area contributed by atoms with Gasteiger partial charge in [0.1, 0.15) is 4.90 Å². The molecule has 7 heteroatoms. The molecule has 0 amide bonds. The second-order valence-electron chi connectivity index (χ2n) is 4.54. The summed E-state index contributed by atoms with van der Waals surface area (Å²) in [6, 6.07) is 1.13. The van der Waals surface area contributed by atoms with Gasteiger partial charge in [0.25, 0.3) is 0 Å². The predicted molar refractivity (Wildman–Crippen MR) is 69.4 cm³/mol. The van der Waals surface area contributed by atoms with Crippen LogP contribution in [-0.2, 0) is 9.84 Å². The van der Waals surface area contributed by atoms with Crippen LogP contribution in [0.2, 0.25) is 0 Å². The fourth-order valence-corrected chi connectivity index (χ4v) is 3.79. The van der Waals surface area contributed by atoms with Crippen LogP contribution in [0.5, 0.6) is 0 Å². The van der Waals surface area contributed by atoms with E-state index >= 15 is 0 Å². The van der Waals surface area contributed by atoms with Crippen LogP contribution in [0.1, 0.15) is 37.0 Å². The van der Waals surface area contributed by atoms with Crippen molar-refractivity contribution < 1.29 is 27.1 Å². The molecule has 20 heavy (non-hydrogen) atoms. The van der Waals surface area contributed by atoms with Crippen LogP contribution in [-0.4, -0.2) is 25.2 Å². The van der Waals surface area contributed by atoms with Crippen LogP contribution in [0.4, 0.5) is 8.78 Å².